The molecule has 144 valence electrons. The van der Waals surface area contributed by atoms with Crippen LogP contribution in [0.1, 0.15) is 18.2 Å². The van der Waals surface area contributed by atoms with E-state index in [1.807, 2.05) is 24.4 Å². The molecule has 2 N–H and O–H groups in total. The minimum atomic E-state index is -0.237. The van der Waals surface area contributed by atoms with Gasteiger partial charge in [-0.2, -0.15) is 0 Å². The van der Waals surface area contributed by atoms with E-state index in [4.69, 9.17) is 9.72 Å². The molecule has 28 heavy (non-hydrogen) atoms. The van der Waals surface area contributed by atoms with Crippen LogP contribution >= 0.6 is 0 Å². The van der Waals surface area contributed by atoms with E-state index in [-0.39, 0.29) is 11.9 Å². The summed E-state index contributed by atoms with van der Waals surface area (Å²) in [5.74, 6) is 0.675. The Bertz CT molecular complexity index is 982. The molecule has 1 unspecified atom stereocenters. The molecule has 6 nitrogen and oxygen atoms in total. The van der Waals surface area contributed by atoms with E-state index in [1.54, 1.807) is 0 Å². The van der Waals surface area contributed by atoms with Crippen LogP contribution in [0.4, 0.5) is 10.2 Å². The highest BCUT2D eigenvalue weighted by Crippen LogP contribution is 2.34. The van der Waals surface area contributed by atoms with E-state index >= 15 is 0 Å². The van der Waals surface area contributed by atoms with Gasteiger partial charge in [-0.3, -0.25) is 10.4 Å². The second-order valence-corrected chi connectivity index (χ2v) is 7.14. The van der Waals surface area contributed by atoms with Crippen LogP contribution in [0.5, 0.6) is 0 Å². The summed E-state index contributed by atoms with van der Waals surface area (Å²) < 4.78 is 19.0. The summed E-state index contributed by atoms with van der Waals surface area (Å²) in [7, 11) is 0. The van der Waals surface area contributed by atoms with Gasteiger partial charge in [-0.05, 0) is 41.8 Å². The SMILES string of the molecule is Fc1ccc(-c2cc(N3CCOCC3)nc3c(C4CCNN4)nccc23)cc1. The van der Waals surface area contributed by atoms with Crippen LogP contribution in [0.15, 0.2) is 42.6 Å². The van der Waals surface area contributed by atoms with Crippen molar-refractivity contribution in [3.63, 3.8) is 0 Å². The van der Waals surface area contributed by atoms with Crippen LogP contribution in [-0.4, -0.2) is 42.8 Å². The summed E-state index contributed by atoms with van der Waals surface area (Å²) in [6.07, 6.45) is 2.79. The number of rotatable bonds is 3. The highest BCUT2D eigenvalue weighted by molar-refractivity contribution is 5.97. The van der Waals surface area contributed by atoms with E-state index in [1.165, 1.54) is 12.1 Å². The number of hydrogen-bond donors (Lipinski definition) is 2. The molecule has 0 aliphatic carbocycles. The van der Waals surface area contributed by atoms with Gasteiger partial charge in [-0.1, -0.05) is 12.1 Å². The molecule has 2 saturated heterocycles. The van der Waals surface area contributed by atoms with Crippen LogP contribution in [0.2, 0.25) is 0 Å². The van der Waals surface area contributed by atoms with Gasteiger partial charge in [-0.25, -0.2) is 14.8 Å². The molecule has 1 aromatic carbocycles. The number of fused-ring (bicyclic) bond motifs is 1. The van der Waals surface area contributed by atoms with Crippen LogP contribution in [0.25, 0.3) is 22.0 Å². The molecule has 0 saturated carbocycles. The van der Waals surface area contributed by atoms with Gasteiger partial charge < -0.3 is 9.64 Å². The number of morpholine rings is 1. The number of halogens is 1. The van der Waals surface area contributed by atoms with Gasteiger partial charge in [0.25, 0.3) is 0 Å². The van der Waals surface area contributed by atoms with Gasteiger partial charge in [0.1, 0.15) is 11.6 Å². The number of nitrogens with one attached hydrogen (secondary N) is 2. The van der Waals surface area contributed by atoms with Gasteiger partial charge in [0.2, 0.25) is 0 Å². The minimum Gasteiger partial charge on any atom is -0.378 e. The standard InChI is InChI=1S/C21H22FN5O/c22-15-3-1-14(2-4-15)17-13-19(27-9-11-28-12-10-27)25-20-16(17)5-7-23-21(20)18-6-8-24-26-18/h1-5,7,13,18,24,26H,6,8-12H2. The molecular weight excluding hydrogens is 357 g/mol. The molecule has 5 rings (SSSR count). The number of pyridine rings is 2. The average Bonchev–Trinajstić information content (AvgIpc) is 3.28. The lowest BCUT2D eigenvalue weighted by Gasteiger charge is -2.29. The second kappa shape index (κ2) is 7.43. The van der Waals surface area contributed by atoms with Crippen molar-refractivity contribution < 1.29 is 9.13 Å². The molecular formula is C21H22FN5O. The lowest BCUT2D eigenvalue weighted by atomic mass is 9.99. The largest absolute Gasteiger partial charge is 0.378 e. The molecule has 4 heterocycles. The third-order valence-corrected chi connectivity index (χ3v) is 5.40. The van der Waals surface area contributed by atoms with E-state index in [0.29, 0.717) is 13.2 Å². The van der Waals surface area contributed by atoms with Crippen molar-refractivity contribution in [2.24, 2.45) is 0 Å². The van der Waals surface area contributed by atoms with Crippen molar-refractivity contribution in [2.75, 3.05) is 37.7 Å². The fraction of sp³-hybridized carbons (Fsp3) is 0.333. The Morgan fingerprint density at radius 2 is 1.93 bits per heavy atom. The zero-order valence-electron chi connectivity index (χ0n) is 15.5. The lowest BCUT2D eigenvalue weighted by molar-refractivity contribution is 0.122. The number of nitrogens with zero attached hydrogens (tertiary/aromatic N) is 3. The van der Waals surface area contributed by atoms with Crippen LogP contribution in [0.3, 0.4) is 0 Å². The first-order valence-corrected chi connectivity index (χ1v) is 9.66. The smallest absolute Gasteiger partial charge is 0.130 e. The third kappa shape index (κ3) is 3.22. The monoisotopic (exact) mass is 379 g/mol. The molecule has 0 amide bonds. The summed E-state index contributed by atoms with van der Waals surface area (Å²) >= 11 is 0. The Morgan fingerprint density at radius 1 is 1.11 bits per heavy atom. The predicted molar refractivity (Wildman–Crippen MR) is 106 cm³/mol. The maximum Gasteiger partial charge on any atom is 0.130 e. The van der Waals surface area contributed by atoms with Crippen molar-refractivity contribution in [1.29, 1.82) is 0 Å². The second-order valence-electron chi connectivity index (χ2n) is 7.14. The number of benzene rings is 1. The quantitative estimate of drug-likeness (QED) is 0.730. The fourth-order valence-corrected chi connectivity index (χ4v) is 3.93. The maximum atomic E-state index is 13.5. The summed E-state index contributed by atoms with van der Waals surface area (Å²) in [5.41, 5.74) is 10.3. The first-order chi connectivity index (χ1) is 13.8. The average molecular weight is 379 g/mol. The highest BCUT2D eigenvalue weighted by atomic mass is 19.1. The normalized spacial score (nSPS) is 20.0. The van der Waals surface area contributed by atoms with Crippen molar-refractivity contribution in [3.8, 4) is 11.1 Å². The molecule has 7 heteroatoms. The lowest BCUT2D eigenvalue weighted by Crippen LogP contribution is -2.36. The number of aromatic nitrogens is 2. The Balaban J connectivity index is 1.71. The fourth-order valence-electron chi connectivity index (χ4n) is 3.93. The molecule has 2 aliphatic rings. The van der Waals surface area contributed by atoms with E-state index in [0.717, 1.165) is 59.6 Å². The third-order valence-electron chi connectivity index (χ3n) is 5.40. The zero-order valence-corrected chi connectivity index (χ0v) is 15.5. The molecule has 0 spiro atoms. The first kappa shape index (κ1) is 17.5. The topological polar surface area (TPSA) is 62.3 Å². The first-order valence-electron chi connectivity index (χ1n) is 9.66. The number of ether oxygens (including phenoxy) is 1. The Hall–Kier alpha value is -2.61. The molecule has 0 radical (unpaired) electrons. The van der Waals surface area contributed by atoms with Crippen LogP contribution in [-0.2, 0) is 4.74 Å². The summed E-state index contributed by atoms with van der Waals surface area (Å²) in [6.45, 7) is 3.90. The predicted octanol–water partition coefficient (Wildman–Crippen LogP) is 2.81. The molecule has 1 atom stereocenters. The van der Waals surface area contributed by atoms with Crippen molar-refractivity contribution in [1.82, 2.24) is 20.8 Å². The Labute approximate surface area is 162 Å². The van der Waals surface area contributed by atoms with E-state index < -0.39 is 0 Å². The van der Waals surface area contributed by atoms with Crippen molar-refractivity contribution in [2.45, 2.75) is 12.5 Å². The van der Waals surface area contributed by atoms with Crippen molar-refractivity contribution in [3.05, 3.63) is 54.1 Å². The number of hydrogen-bond acceptors (Lipinski definition) is 6. The minimum absolute atomic E-state index is 0.122. The Kier molecular flexibility index (Phi) is 4.64. The van der Waals surface area contributed by atoms with E-state index in [9.17, 15) is 4.39 Å². The molecule has 3 aromatic rings. The van der Waals surface area contributed by atoms with Crippen LogP contribution < -0.4 is 15.8 Å². The van der Waals surface area contributed by atoms with Gasteiger partial charge in [0, 0.05) is 31.2 Å². The van der Waals surface area contributed by atoms with Gasteiger partial charge in [0.05, 0.1) is 30.5 Å². The molecule has 2 aliphatic heterocycles. The van der Waals surface area contributed by atoms with Gasteiger partial charge in [-0.15, -0.1) is 0 Å². The van der Waals surface area contributed by atoms with Gasteiger partial charge >= 0.3 is 0 Å². The number of anilines is 1. The van der Waals surface area contributed by atoms with Crippen LogP contribution in [0, 0.1) is 5.82 Å². The molecule has 2 aromatic heterocycles. The van der Waals surface area contributed by atoms with E-state index in [2.05, 4.69) is 26.8 Å². The molecule has 0 bridgehead atoms. The Morgan fingerprint density at radius 3 is 2.68 bits per heavy atom. The summed E-state index contributed by atoms with van der Waals surface area (Å²) in [5, 5.41) is 1.03. The molecule has 2 fully saturated rings. The summed E-state index contributed by atoms with van der Waals surface area (Å²) in [4.78, 5) is 11.9. The van der Waals surface area contributed by atoms with Gasteiger partial charge in [0.15, 0.2) is 0 Å². The highest BCUT2D eigenvalue weighted by Gasteiger charge is 2.23. The zero-order chi connectivity index (χ0) is 18.9. The van der Waals surface area contributed by atoms with Crippen molar-refractivity contribution >= 4 is 16.7 Å². The summed E-state index contributed by atoms with van der Waals surface area (Å²) in [6, 6.07) is 10.9. The number of hydrazine groups is 1. The maximum absolute atomic E-state index is 13.5.